The van der Waals surface area contributed by atoms with Gasteiger partial charge in [-0.25, -0.2) is 4.98 Å². The topological polar surface area (TPSA) is 73.1 Å². The molecule has 0 spiro atoms. The minimum Gasteiger partial charge on any atom is -0.481 e. The molecule has 2 aromatic rings. The van der Waals surface area contributed by atoms with Crippen LogP contribution in [0.4, 0.5) is 0 Å². The highest BCUT2D eigenvalue weighted by atomic mass is 35.5. The third-order valence-corrected chi connectivity index (χ3v) is 3.72. The lowest BCUT2D eigenvalue weighted by Gasteiger charge is -2.31. The Morgan fingerprint density at radius 3 is 2.81 bits per heavy atom. The molecule has 3 heterocycles. The number of methoxy groups -OCH3 is 1. The van der Waals surface area contributed by atoms with Crippen LogP contribution in [0.2, 0.25) is 0 Å². The van der Waals surface area contributed by atoms with E-state index in [2.05, 4.69) is 27.4 Å². The van der Waals surface area contributed by atoms with Crippen LogP contribution < -0.4 is 10.1 Å². The minimum atomic E-state index is -0.219. The molecule has 1 unspecified atom stereocenters. The van der Waals surface area contributed by atoms with E-state index in [9.17, 15) is 0 Å². The summed E-state index contributed by atoms with van der Waals surface area (Å²) in [5, 5.41) is 7.52. The first kappa shape index (κ1) is 15.7. The van der Waals surface area contributed by atoms with Gasteiger partial charge in [0.15, 0.2) is 0 Å². The molecule has 3 rings (SSSR count). The van der Waals surface area contributed by atoms with Gasteiger partial charge in [-0.2, -0.15) is 4.98 Å². The summed E-state index contributed by atoms with van der Waals surface area (Å²) in [6, 6.07) is 3.66. The van der Waals surface area contributed by atoms with Crippen LogP contribution in [0.15, 0.2) is 22.9 Å². The smallest absolute Gasteiger partial charge is 0.246 e. The number of hydrogen-bond acceptors (Lipinski definition) is 6. The second kappa shape index (κ2) is 6.41. The zero-order valence-corrected chi connectivity index (χ0v) is 12.9. The summed E-state index contributed by atoms with van der Waals surface area (Å²) in [5.74, 6) is 1.77. The molecule has 6 nitrogen and oxygen atoms in total. The maximum Gasteiger partial charge on any atom is 0.246 e. The standard InChI is InChI=1S/C14H18N4O2.ClH/c1-14(7-3-4-8-16-14)13-17-12(18-20-13)10-5-6-11(19-2)15-9-10;/h5-6,9,16H,3-4,7-8H2,1-2H3;1H. The predicted octanol–water partition coefficient (Wildman–Crippen LogP) is 2.55. The van der Waals surface area contributed by atoms with Gasteiger partial charge in [0.25, 0.3) is 0 Å². The van der Waals surface area contributed by atoms with Crippen molar-refractivity contribution in [3.63, 3.8) is 0 Å². The fourth-order valence-corrected chi connectivity index (χ4v) is 2.44. The van der Waals surface area contributed by atoms with Crippen LogP contribution in [0.25, 0.3) is 11.4 Å². The highest BCUT2D eigenvalue weighted by Gasteiger charge is 2.34. The predicted molar refractivity (Wildman–Crippen MR) is 80.5 cm³/mol. The molecule has 0 radical (unpaired) electrons. The van der Waals surface area contributed by atoms with E-state index in [-0.39, 0.29) is 17.9 Å². The monoisotopic (exact) mass is 310 g/mol. The van der Waals surface area contributed by atoms with Gasteiger partial charge in [0.1, 0.15) is 0 Å². The normalized spacial score (nSPS) is 21.6. The summed E-state index contributed by atoms with van der Waals surface area (Å²) in [5.41, 5.74) is 0.601. The molecule has 1 atom stereocenters. The summed E-state index contributed by atoms with van der Waals surface area (Å²) in [6.07, 6.45) is 5.06. The maximum absolute atomic E-state index is 5.44. The Morgan fingerprint density at radius 1 is 1.33 bits per heavy atom. The number of rotatable bonds is 3. The molecular formula is C14H19ClN4O2. The molecule has 0 aromatic carbocycles. The van der Waals surface area contributed by atoms with Crippen molar-refractivity contribution in [2.24, 2.45) is 0 Å². The highest BCUT2D eigenvalue weighted by molar-refractivity contribution is 5.85. The first-order valence-corrected chi connectivity index (χ1v) is 6.81. The van der Waals surface area contributed by atoms with Crippen molar-refractivity contribution in [3.05, 3.63) is 24.2 Å². The highest BCUT2D eigenvalue weighted by Crippen LogP contribution is 2.30. The van der Waals surface area contributed by atoms with E-state index in [0.29, 0.717) is 17.6 Å². The molecule has 7 heteroatoms. The molecule has 1 aliphatic rings. The summed E-state index contributed by atoms with van der Waals surface area (Å²) in [6.45, 7) is 3.09. The van der Waals surface area contributed by atoms with E-state index in [1.807, 2.05) is 6.07 Å². The van der Waals surface area contributed by atoms with Crippen LogP contribution in [0, 0.1) is 0 Å². The molecule has 0 saturated carbocycles. The molecule has 0 aliphatic carbocycles. The van der Waals surface area contributed by atoms with Gasteiger partial charge in [0.2, 0.25) is 17.6 Å². The minimum absolute atomic E-state index is 0. The SMILES string of the molecule is COc1ccc(-c2noc(C3(C)CCCCN3)n2)cn1.Cl. The van der Waals surface area contributed by atoms with Crippen molar-refractivity contribution >= 4 is 12.4 Å². The molecule has 21 heavy (non-hydrogen) atoms. The van der Waals surface area contributed by atoms with Gasteiger partial charge in [-0.15, -0.1) is 12.4 Å². The molecule has 1 saturated heterocycles. The van der Waals surface area contributed by atoms with Crippen molar-refractivity contribution in [1.29, 1.82) is 0 Å². The number of ether oxygens (including phenoxy) is 1. The van der Waals surface area contributed by atoms with Gasteiger partial charge in [-0.3, -0.25) is 0 Å². The van der Waals surface area contributed by atoms with E-state index >= 15 is 0 Å². The zero-order valence-electron chi connectivity index (χ0n) is 12.1. The average molecular weight is 311 g/mol. The van der Waals surface area contributed by atoms with E-state index in [1.54, 1.807) is 19.4 Å². The molecule has 0 amide bonds. The Kier molecular flexibility index (Phi) is 4.80. The Bertz CT molecular complexity index is 579. The number of halogens is 1. The maximum atomic E-state index is 5.44. The van der Waals surface area contributed by atoms with Crippen molar-refractivity contribution in [1.82, 2.24) is 20.4 Å². The lowest BCUT2D eigenvalue weighted by Crippen LogP contribution is -2.43. The van der Waals surface area contributed by atoms with Crippen LogP contribution in [0.5, 0.6) is 5.88 Å². The van der Waals surface area contributed by atoms with Crippen LogP contribution in [0.1, 0.15) is 32.1 Å². The third-order valence-electron chi connectivity index (χ3n) is 3.72. The number of hydrogen-bond donors (Lipinski definition) is 1. The number of aromatic nitrogens is 3. The molecule has 114 valence electrons. The van der Waals surface area contributed by atoms with Crippen LogP contribution in [0.3, 0.4) is 0 Å². The summed E-state index contributed by atoms with van der Waals surface area (Å²) in [4.78, 5) is 8.66. The summed E-state index contributed by atoms with van der Waals surface area (Å²) >= 11 is 0. The molecular weight excluding hydrogens is 292 g/mol. The van der Waals surface area contributed by atoms with Crippen LogP contribution in [-0.2, 0) is 5.54 Å². The molecule has 1 N–H and O–H groups in total. The number of nitrogens with zero attached hydrogens (tertiary/aromatic N) is 3. The first-order valence-electron chi connectivity index (χ1n) is 6.81. The molecule has 2 aromatic heterocycles. The van der Waals surface area contributed by atoms with Crippen molar-refractivity contribution in [2.75, 3.05) is 13.7 Å². The Morgan fingerprint density at radius 2 is 2.19 bits per heavy atom. The second-order valence-corrected chi connectivity index (χ2v) is 5.23. The Hall–Kier alpha value is -1.66. The lowest BCUT2D eigenvalue weighted by molar-refractivity contribution is 0.207. The summed E-state index contributed by atoms with van der Waals surface area (Å²) < 4.78 is 10.5. The zero-order chi connectivity index (χ0) is 14.0. The van der Waals surface area contributed by atoms with Gasteiger partial charge in [0, 0.05) is 17.8 Å². The molecule has 0 bridgehead atoms. The van der Waals surface area contributed by atoms with Gasteiger partial charge < -0.3 is 14.6 Å². The average Bonchev–Trinajstić information content (AvgIpc) is 2.99. The first-order chi connectivity index (χ1) is 9.71. The van der Waals surface area contributed by atoms with E-state index in [4.69, 9.17) is 9.26 Å². The Labute approximate surface area is 129 Å². The number of piperidine rings is 1. The van der Waals surface area contributed by atoms with E-state index < -0.39 is 0 Å². The lowest BCUT2D eigenvalue weighted by atomic mass is 9.91. The Balaban J connectivity index is 0.00000161. The largest absolute Gasteiger partial charge is 0.481 e. The van der Waals surface area contributed by atoms with E-state index in [0.717, 1.165) is 18.5 Å². The van der Waals surface area contributed by atoms with Crippen molar-refractivity contribution in [3.8, 4) is 17.3 Å². The van der Waals surface area contributed by atoms with E-state index in [1.165, 1.54) is 12.8 Å². The molecule has 1 aliphatic heterocycles. The number of nitrogens with one attached hydrogen (secondary N) is 1. The van der Waals surface area contributed by atoms with Gasteiger partial charge in [-0.1, -0.05) is 5.16 Å². The fourth-order valence-electron chi connectivity index (χ4n) is 2.44. The van der Waals surface area contributed by atoms with Gasteiger partial charge >= 0.3 is 0 Å². The fraction of sp³-hybridized carbons (Fsp3) is 0.500. The van der Waals surface area contributed by atoms with Crippen LogP contribution >= 0.6 is 12.4 Å². The third kappa shape index (κ3) is 3.16. The number of pyridine rings is 1. The van der Waals surface area contributed by atoms with Crippen LogP contribution in [-0.4, -0.2) is 28.8 Å². The van der Waals surface area contributed by atoms with Crippen molar-refractivity contribution < 1.29 is 9.26 Å². The second-order valence-electron chi connectivity index (χ2n) is 5.23. The van der Waals surface area contributed by atoms with Crippen molar-refractivity contribution in [2.45, 2.75) is 31.7 Å². The quantitative estimate of drug-likeness (QED) is 0.939. The van der Waals surface area contributed by atoms with Gasteiger partial charge in [0.05, 0.1) is 12.6 Å². The summed E-state index contributed by atoms with van der Waals surface area (Å²) in [7, 11) is 1.59. The van der Waals surface area contributed by atoms with Gasteiger partial charge in [-0.05, 0) is 38.8 Å². The molecule has 1 fully saturated rings.